The van der Waals surface area contributed by atoms with E-state index in [1.165, 1.54) is 18.9 Å². The van der Waals surface area contributed by atoms with Crippen molar-refractivity contribution < 1.29 is 9.13 Å². The average molecular weight is 492 g/mol. The van der Waals surface area contributed by atoms with Crippen LogP contribution in [-0.2, 0) is 11.2 Å². The van der Waals surface area contributed by atoms with E-state index in [9.17, 15) is 4.39 Å². The molecule has 0 radical (unpaired) electrons. The lowest BCUT2D eigenvalue weighted by molar-refractivity contribution is 0.121. The lowest BCUT2D eigenvalue weighted by Gasteiger charge is -2.32. The molecule has 1 aromatic carbocycles. The zero-order chi connectivity index (χ0) is 18.8. The first-order valence-electron chi connectivity index (χ1n) is 9.53. The summed E-state index contributed by atoms with van der Waals surface area (Å²) in [6.45, 7) is 7.81. The minimum Gasteiger partial charge on any atom is -0.383 e. The second-order valence-corrected chi connectivity index (χ2v) is 6.98. The maximum absolute atomic E-state index is 13.2. The number of nitrogens with zero attached hydrogens (tertiary/aromatic N) is 2. The van der Waals surface area contributed by atoms with Crippen LogP contribution >= 0.6 is 24.0 Å². The fraction of sp³-hybridized carbons (Fsp3) is 0.650. The van der Waals surface area contributed by atoms with Crippen molar-refractivity contribution in [1.29, 1.82) is 0 Å². The zero-order valence-corrected chi connectivity index (χ0v) is 19.1. The molecular formula is C20H34FIN4O. The number of aryl methyl sites for hydroxylation is 1. The summed E-state index contributed by atoms with van der Waals surface area (Å²) in [5.41, 5.74) is 2.16. The van der Waals surface area contributed by atoms with Gasteiger partial charge in [0.25, 0.3) is 0 Å². The van der Waals surface area contributed by atoms with Gasteiger partial charge in [0.05, 0.1) is 6.61 Å². The van der Waals surface area contributed by atoms with E-state index in [1.54, 1.807) is 20.2 Å². The number of ether oxygens (including phenoxy) is 1. The molecule has 0 bridgehead atoms. The number of likely N-dealkylation sites (tertiary alicyclic amines) is 1. The second-order valence-electron chi connectivity index (χ2n) is 6.98. The maximum atomic E-state index is 13.2. The number of nitrogens with one attached hydrogen (secondary N) is 2. The molecule has 154 valence electrons. The maximum Gasteiger partial charge on any atom is 0.190 e. The van der Waals surface area contributed by atoms with Crippen molar-refractivity contribution >= 4 is 29.9 Å². The predicted octanol–water partition coefficient (Wildman–Crippen LogP) is 2.82. The van der Waals surface area contributed by atoms with Crippen molar-refractivity contribution in [2.45, 2.75) is 26.2 Å². The largest absolute Gasteiger partial charge is 0.383 e. The highest BCUT2D eigenvalue weighted by molar-refractivity contribution is 14.0. The Balaban J connectivity index is 0.00000364. The molecule has 0 spiro atoms. The molecule has 1 saturated heterocycles. The summed E-state index contributed by atoms with van der Waals surface area (Å²) in [7, 11) is 3.55. The Morgan fingerprint density at radius 2 is 2.04 bits per heavy atom. The first kappa shape index (κ1) is 24.1. The molecule has 27 heavy (non-hydrogen) atoms. The van der Waals surface area contributed by atoms with Gasteiger partial charge in [-0.3, -0.25) is 4.99 Å². The Labute approximate surface area is 180 Å². The van der Waals surface area contributed by atoms with Gasteiger partial charge in [0.1, 0.15) is 5.82 Å². The molecule has 2 rings (SSSR count). The average Bonchev–Trinajstić information content (AvgIpc) is 2.65. The van der Waals surface area contributed by atoms with Crippen molar-refractivity contribution in [1.82, 2.24) is 15.5 Å². The van der Waals surface area contributed by atoms with E-state index in [-0.39, 0.29) is 29.8 Å². The number of guanidine groups is 1. The second kappa shape index (κ2) is 13.3. The van der Waals surface area contributed by atoms with E-state index in [4.69, 9.17) is 4.74 Å². The van der Waals surface area contributed by atoms with E-state index in [0.717, 1.165) is 62.8 Å². The monoisotopic (exact) mass is 492 g/mol. The molecule has 1 heterocycles. The van der Waals surface area contributed by atoms with Crippen LogP contribution in [0.15, 0.2) is 23.2 Å². The third-order valence-corrected chi connectivity index (χ3v) is 5.09. The summed E-state index contributed by atoms with van der Waals surface area (Å²) < 4.78 is 18.3. The van der Waals surface area contributed by atoms with Crippen LogP contribution in [0.5, 0.6) is 0 Å². The third-order valence-electron chi connectivity index (χ3n) is 5.09. The van der Waals surface area contributed by atoms with Crippen molar-refractivity contribution in [2.24, 2.45) is 10.9 Å². The third kappa shape index (κ3) is 8.74. The van der Waals surface area contributed by atoms with Gasteiger partial charge in [0.15, 0.2) is 5.96 Å². The number of hydrogen-bond donors (Lipinski definition) is 2. The Hall–Kier alpha value is -0.930. The van der Waals surface area contributed by atoms with Gasteiger partial charge in [0.2, 0.25) is 0 Å². The molecule has 0 aliphatic carbocycles. The van der Waals surface area contributed by atoms with Gasteiger partial charge >= 0.3 is 0 Å². The fourth-order valence-electron chi connectivity index (χ4n) is 3.35. The first-order chi connectivity index (χ1) is 12.6. The van der Waals surface area contributed by atoms with Crippen LogP contribution in [0.3, 0.4) is 0 Å². The van der Waals surface area contributed by atoms with E-state index < -0.39 is 0 Å². The van der Waals surface area contributed by atoms with Gasteiger partial charge in [-0.25, -0.2) is 4.39 Å². The minimum absolute atomic E-state index is 0. The summed E-state index contributed by atoms with van der Waals surface area (Å²) in [5.74, 6) is 1.35. The number of methoxy groups -OCH3 is 1. The number of benzene rings is 1. The number of hydrogen-bond acceptors (Lipinski definition) is 3. The Morgan fingerprint density at radius 3 is 2.67 bits per heavy atom. The normalized spacial score (nSPS) is 16.1. The van der Waals surface area contributed by atoms with Gasteiger partial charge in [-0.15, -0.1) is 24.0 Å². The zero-order valence-electron chi connectivity index (χ0n) is 16.8. The van der Waals surface area contributed by atoms with Crippen LogP contribution in [0.4, 0.5) is 4.39 Å². The van der Waals surface area contributed by atoms with Crippen LogP contribution in [0.25, 0.3) is 0 Å². The van der Waals surface area contributed by atoms with E-state index >= 15 is 0 Å². The number of aliphatic imine (C=N–C) groups is 1. The molecule has 1 aromatic rings. The Morgan fingerprint density at radius 1 is 1.30 bits per heavy atom. The molecule has 7 heteroatoms. The smallest absolute Gasteiger partial charge is 0.190 e. The Bertz CT molecular complexity index is 577. The lowest BCUT2D eigenvalue weighted by Crippen LogP contribution is -2.43. The van der Waals surface area contributed by atoms with Crippen molar-refractivity contribution in [3.63, 3.8) is 0 Å². The van der Waals surface area contributed by atoms with E-state index in [0.29, 0.717) is 5.92 Å². The van der Waals surface area contributed by atoms with Gasteiger partial charge in [-0.05, 0) is 68.5 Å². The number of piperidine rings is 1. The van der Waals surface area contributed by atoms with Crippen molar-refractivity contribution in [3.05, 3.63) is 35.1 Å². The quantitative estimate of drug-likeness (QED) is 0.333. The predicted molar refractivity (Wildman–Crippen MR) is 121 cm³/mol. The van der Waals surface area contributed by atoms with E-state index in [1.807, 2.05) is 13.0 Å². The highest BCUT2D eigenvalue weighted by atomic mass is 127. The SMILES string of the molecule is CN=C(NCCc1ccc(F)cc1C)NCC1CCN(CCOC)CC1.I. The molecule has 0 unspecified atom stereocenters. The molecule has 0 saturated carbocycles. The topological polar surface area (TPSA) is 48.9 Å². The highest BCUT2D eigenvalue weighted by Gasteiger charge is 2.18. The molecule has 5 nitrogen and oxygen atoms in total. The fourth-order valence-corrected chi connectivity index (χ4v) is 3.35. The standard InChI is InChI=1S/C20H33FN4O.HI/c1-16-14-19(21)5-4-18(16)6-9-23-20(22-2)24-15-17-7-10-25(11-8-17)12-13-26-3;/h4-5,14,17H,6-13,15H2,1-3H3,(H2,22,23,24);1H. The molecule has 2 N–H and O–H groups in total. The lowest BCUT2D eigenvalue weighted by atomic mass is 9.97. The van der Waals surface area contributed by atoms with Crippen LogP contribution in [0, 0.1) is 18.7 Å². The molecular weight excluding hydrogens is 458 g/mol. The summed E-state index contributed by atoms with van der Waals surface area (Å²) in [5, 5.41) is 6.80. The Kier molecular flexibility index (Phi) is 11.9. The molecule has 0 amide bonds. The number of halogens is 2. The minimum atomic E-state index is -0.176. The van der Waals surface area contributed by atoms with Gasteiger partial charge in [0, 0.05) is 33.8 Å². The highest BCUT2D eigenvalue weighted by Crippen LogP contribution is 2.16. The summed E-state index contributed by atoms with van der Waals surface area (Å²) in [6.07, 6.45) is 3.27. The molecule has 1 fully saturated rings. The molecule has 1 aliphatic rings. The molecule has 0 aromatic heterocycles. The van der Waals surface area contributed by atoms with Gasteiger partial charge in [-0.2, -0.15) is 0 Å². The number of rotatable bonds is 8. The van der Waals surface area contributed by atoms with Gasteiger partial charge in [-0.1, -0.05) is 6.07 Å². The summed E-state index contributed by atoms with van der Waals surface area (Å²) in [6, 6.07) is 4.97. The summed E-state index contributed by atoms with van der Waals surface area (Å²) in [4.78, 5) is 6.77. The molecule has 1 aliphatic heterocycles. The van der Waals surface area contributed by atoms with Crippen LogP contribution in [-0.4, -0.2) is 64.3 Å². The molecule has 0 atom stereocenters. The van der Waals surface area contributed by atoms with Crippen LogP contribution in [0.2, 0.25) is 0 Å². The van der Waals surface area contributed by atoms with Crippen LogP contribution in [0.1, 0.15) is 24.0 Å². The summed E-state index contributed by atoms with van der Waals surface area (Å²) >= 11 is 0. The van der Waals surface area contributed by atoms with E-state index in [2.05, 4.69) is 20.5 Å². The van der Waals surface area contributed by atoms with Crippen molar-refractivity contribution in [3.8, 4) is 0 Å². The van der Waals surface area contributed by atoms with Gasteiger partial charge < -0.3 is 20.3 Å². The van der Waals surface area contributed by atoms with Crippen LogP contribution < -0.4 is 10.6 Å². The first-order valence-corrected chi connectivity index (χ1v) is 9.53. The van der Waals surface area contributed by atoms with Crippen molar-refractivity contribution in [2.75, 3.05) is 53.5 Å².